The van der Waals surface area contributed by atoms with Crippen molar-refractivity contribution in [2.75, 3.05) is 0 Å². The van der Waals surface area contributed by atoms with Crippen LogP contribution in [-0.2, 0) is 17.1 Å². The number of aromatic nitrogens is 1. The summed E-state index contributed by atoms with van der Waals surface area (Å²) >= 11 is 3.85. The summed E-state index contributed by atoms with van der Waals surface area (Å²) in [6.45, 7) is 0. The third kappa shape index (κ3) is 2.26. The van der Waals surface area contributed by atoms with E-state index in [0.29, 0.717) is 9.76 Å². The number of thiol groups is 1. The molecule has 0 aliphatic rings. The smallest absolute Gasteiger partial charge is 0.618 e. The van der Waals surface area contributed by atoms with Gasteiger partial charge in [-0.1, -0.05) is 12.6 Å². The summed E-state index contributed by atoms with van der Waals surface area (Å²) in [4.78, 5) is 0. The summed E-state index contributed by atoms with van der Waals surface area (Å²) in [5.41, 5.74) is 0. The number of hydrogen-bond acceptors (Lipinski definition) is 2. The quantitative estimate of drug-likeness (QED) is 0.271. The number of rotatable bonds is 0. The molecule has 1 rings (SSSR count). The van der Waals surface area contributed by atoms with Crippen molar-refractivity contribution in [3.05, 3.63) is 29.6 Å². The van der Waals surface area contributed by atoms with E-state index in [4.69, 9.17) is 0 Å². The molecule has 47 valence electrons. The summed E-state index contributed by atoms with van der Waals surface area (Å²) in [6, 6.07) is 5.06. The van der Waals surface area contributed by atoms with Crippen molar-refractivity contribution in [3.8, 4) is 0 Å². The Morgan fingerprint density at radius 2 is 2.11 bits per heavy atom. The van der Waals surface area contributed by atoms with Crippen molar-refractivity contribution in [2.45, 2.75) is 5.03 Å². The Bertz CT molecular complexity index is 173. The number of pyridine rings is 1. The second kappa shape index (κ2) is 3.77. The van der Waals surface area contributed by atoms with Gasteiger partial charge in [0.15, 0.2) is 6.20 Å². The summed E-state index contributed by atoms with van der Waals surface area (Å²) in [7, 11) is 0. The Hall–Kier alpha value is -0.181. The zero-order chi connectivity index (χ0) is 5.98. The predicted molar refractivity (Wildman–Crippen MR) is 32.7 cm³/mol. The molecule has 0 aliphatic carbocycles. The molecule has 0 fully saturated rings. The Morgan fingerprint density at radius 3 is 2.44 bits per heavy atom. The number of nitrogens with zero attached hydrogens (tertiary/aromatic N) is 1. The molecule has 0 saturated carbocycles. The monoisotopic (exact) mass is 183 g/mol. The molecule has 0 unspecified atom stereocenters. The molecule has 1 heterocycles. The van der Waals surface area contributed by atoms with Gasteiger partial charge in [-0.25, -0.2) is 0 Å². The van der Waals surface area contributed by atoms with Crippen molar-refractivity contribution in [1.29, 1.82) is 0 Å². The third-order valence-corrected chi connectivity index (χ3v) is 1.15. The van der Waals surface area contributed by atoms with Crippen LogP contribution in [0.2, 0.25) is 0 Å². The van der Waals surface area contributed by atoms with Gasteiger partial charge in [-0.15, -0.1) is 0 Å². The van der Waals surface area contributed by atoms with E-state index in [1.54, 1.807) is 18.2 Å². The standard InChI is InChI=1S/C5H5NOS.Fe/c7-6-4-2-1-3-5(6)8;/h1-4,8H;/q;+3. The minimum Gasteiger partial charge on any atom is -0.618 e. The molecule has 9 heavy (non-hydrogen) atoms. The molecular weight excluding hydrogens is 178 g/mol. The van der Waals surface area contributed by atoms with Crippen LogP contribution in [0.1, 0.15) is 0 Å². The summed E-state index contributed by atoms with van der Waals surface area (Å²) in [5, 5.41) is 10.9. The Labute approximate surface area is 69.4 Å². The van der Waals surface area contributed by atoms with Crippen LogP contribution >= 0.6 is 12.6 Å². The Balaban J connectivity index is 0.000000640. The zero-order valence-electron chi connectivity index (χ0n) is 4.47. The van der Waals surface area contributed by atoms with Crippen LogP contribution in [0.15, 0.2) is 29.4 Å². The van der Waals surface area contributed by atoms with E-state index in [2.05, 4.69) is 12.6 Å². The number of hydrogen-bond donors (Lipinski definition) is 1. The SMILES string of the molecule is [Fe+3].[O-][n+]1ccccc1S. The van der Waals surface area contributed by atoms with Gasteiger partial charge in [0.05, 0.1) is 0 Å². The molecule has 2 nitrogen and oxygen atoms in total. The van der Waals surface area contributed by atoms with Crippen LogP contribution in [0.3, 0.4) is 0 Å². The fourth-order valence-corrected chi connectivity index (χ4v) is 0.572. The van der Waals surface area contributed by atoms with Crippen molar-refractivity contribution in [2.24, 2.45) is 0 Å². The van der Waals surface area contributed by atoms with E-state index >= 15 is 0 Å². The second-order valence-corrected chi connectivity index (χ2v) is 1.84. The largest absolute Gasteiger partial charge is 3.00 e. The second-order valence-electron chi connectivity index (χ2n) is 1.38. The molecule has 1 aromatic rings. The summed E-state index contributed by atoms with van der Waals surface area (Å²) in [6.07, 6.45) is 1.41. The first-order valence-electron chi connectivity index (χ1n) is 2.18. The van der Waals surface area contributed by atoms with Gasteiger partial charge in [-0.2, -0.15) is 4.73 Å². The molecule has 0 amide bonds. The maximum atomic E-state index is 10.5. The molecule has 1 radical (unpaired) electrons. The molecule has 0 bridgehead atoms. The summed E-state index contributed by atoms with van der Waals surface area (Å²) < 4.78 is 0.698. The molecule has 0 N–H and O–H groups in total. The van der Waals surface area contributed by atoms with Crippen LogP contribution in [-0.4, -0.2) is 0 Å². The minimum atomic E-state index is 0. The minimum absolute atomic E-state index is 0. The molecular formula is C5H5FeNOS+3. The third-order valence-electron chi connectivity index (χ3n) is 0.804. The van der Waals surface area contributed by atoms with Crippen LogP contribution < -0.4 is 4.73 Å². The molecule has 0 aliphatic heterocycles. The van der Waals surface area contributed by atoms with Crippen molar-refractivity contribution >= 4 is 12.6 Å². The van der Waals surface area contributed by atoms with E-state index in [-0.39, 0.29) is 17.1 Å². The van der Waals surface area contributed by atoms with Gasteiger partial charge in [-0.05, 0) is 6.07 Å². The first kappa shape index (κ1) is 8.82. The van der Waals surface area contributed by atoms with Gasteiger partial charge in [0.25, 0.3) is 0 Å². The van der Waals surface area contributed by atoms with Crippen LogP contribution in [0, 0.1) is 5.21 Å². The van der Waals surface area contributed by atoms with E-state index in [9.17, 15) is 5.21 Å². The maximum Gasteiger partial charge on any atom is 3.00 e. The van der Waals surface area contributed by atoms with Gasteiger partial charge in [0.2, 0.25) is 5.03 Å². The fraction of sp³-hybridized carbons (Fsp3) is 0. The summed E-state index contributed by atoms with van der Waals surface area (Å²) in [5.74, 6) is 0. The first-order valence-corrected chi connectivity index (χ1v) is 2.62. The first-order chi connectivity index (χ1) is 3.80. The average molecular weight is 183 g/mol. The fourth-order valence-electron chi connectivity index (χ4n) is 0.419. The van der Waals surface area contributed by atoms with E-state index in [1.807, 2.05) is 0 Å². The molecule has 0 saturated heterocycles. The van der Waals surface area contributed by atoms with Gasteiger partial charge >= 0.3 is 17.1 Å². The van der Waals surface area contributed by atoms with E-state index in [0.717, 1.165) is 0 Å². The molecule has 4 heteroatoms. The Kier molecular flexibility index (Phi) is 3.70. The molecule has 0 spiro atoms. The van der Waals surface area contributed by atoms with E-state index in [1.165, 1.54) is 6.20 Å². The van der Waals surface area contributed by atoms with Gasteiger partial charge in [0.1, 0.15) is 0 Å². The van der Waals surface area contributed by atoms with Gasteiger partial charge in [-0.3, -0.25) is 0 Å². The molecule has 1 aromatic heterocycles. The maximum absolute atomic E-state index is 10.5. The molecule has 0 atom stereocenters. The normalized spacial score (nSPS) is 8.11. The van der Waals surface area contributed by atoms with Gasteiger partial charge < -0.3 is 5.21 Å². The van der Waals surface area contributed by atoms with Crippen LogP contribution in [0.4, 0.5) is 0 Å². The van der Waals surface area contributed by atoms with Crippen molar-refractivity contribution < 1.29 is 21.8 Å². The van der Waals surface area contributed by atoms with Crippen LogP contribution in [0.5, 0.6) is 0 Å². The van der Waals surface area contributed by atoms with E-state index < -0.39 is 0 Å². The topological polar surface area (TPSA) is 26.9 Å². The van der Waals surface area contributed by atoms with Crippen molar-refractivity contribution in [1.82, 2.24) is 0 Å². The predicted octanol–water partition coefficient (Wildman–Crippen LogP) is 0.606. The average Bonchev–Trinajstić information content (AvgIpc) is 1.77. The molecule has 0 aromatic carbocycles. The van der Waals surface area contributed by atoms with Crippen molar-refractivity contribution in [3.63, 3.8) is 0 Å². The Morgan fingerprint density at radius 1 is 1.44 bits per heavy atom. The van der Waals surface area contributed by atoms with Crippen LogP contribution in [0.25, 0.3) is 0 Å². The zero-order valence-corrected chi connectivity index (χ0v) is 6.46. The van der Waals surface area contributed by atoms with Gasteiger partial charge in [0, 0.05) is 12.1 Å².